The van der Waals surface area contributed by atoms with E-state index in [-0.39, 0.29) is 17.3 Å². The highest BCUT2D eigenvalue weighted by molar-refractivity contribution is 5.89. The highest BCUT2D eigenvalue weighted by atomic mass is 19.4. The molecule has 174 valence electrons. The second kappa shape index (κ2) is 9.25. The molecule has 33 heavy (non-hydrogen) atoms. The average molecular weight is 459 g/mol. The minimum absolute atomic E-state index is 0.143. The van der Waals surface area contributed by atoms with Crippen LogP contribution in [0.4, 0.5) is 13.2 Å². The molecular formula is C24H24F3N3O3. The van der Waals surface area contributed by atoms with Crippen molar-refractivity contribution in [1.29, 1.82) is 0 Å². The first-order chi connectivity index (χ1) is 15.7. The van der Waals surface area contributed by atoms with Crippen molar-refractivity contribution in [3.8, 4) is 17.1 Å². The SMILES string of the molecule is Cc1ccc(OC[C@H]2CC[C@H](c3ccc(-c4nc(C(F)(F)F)c[nH]4)cn3)CC2)cc1C(=O)O. The van der Waals surface area contributed by atoms with Crippen molar-refractivity contribution >= 4 is 5.97 Å². The number of nitrogens with zero attached hydrogens (tertiary/aromatic N) is 2. The molecule has 6 nitrogen and oxygen atoms in total. The van der Waals surface area contributed by atoms with Gasteiger partial charge in [-0.1, -0.05) is 6.07 Å². The van der Waals surface area contributed by atoms with Crippen molar-refractivity contribution in [2.75, 3.05) is 6.61 Å². The number of hydrogen-bond donors (Lipinski definition) is 2. The molecule has 2 aromatic heterocycles. The van der Waals surface area contributed by atoms with E-state index in [0.29, 0.717) is 29.4 Å². The third-order valence-corrected chi connectivity index (χ3v) is 6.12. The Labute approximate surface area is 188 Å². The van der Waals surface area contributed by atoms with Gasteiger partial charge in [-0.3, -0.25) is 4.98 Å². The number of alkyl halides is 3. The van der Waals surface area contributed by atoms with E-state index >= 15 is 0 Å². The van der Waals surface area contributed by atoms with Crippen LogP contribution in [-0.2, 0) is 6.18 Å². The molecule has 0 spiro atoms. The monoisotopic (exact) mass is 459 g/mol. The van der Waals surface area contributed by atoms with Gasteiger partial charge in [0.2, 0.25) is 0 Å². The van der Waals surface area contributed by atoms with E-state index in [1.54, 1.807) is 37.4 Å². The van der Waals surface area contributed by atoms with E-state index in [4.69, 9.17) is 4.74 Å². The fourth-order valence-electron chi connectivity index (χ4n) is 4.16. The molecule has 2 N–H and O–H groups in total. The molecule has 0 amide bonds. The Balaban J connectivity index is 1.30. The molecule has 1 fully saturated rings. The predicted octanol–water partition coefficient (Wildman–Crippen LogP) is 5.85. The first kappa shape index (κ1) is 22.8. The van der Waals surface area contributed by atoms with E-state index in [2.05, 4.69) is 15.0 Å². The first-order valence-corrected chi connectivity index (χ1v) is 10.8. The molecule has 1 aliphatic rings. The predicted molar refractivity (Wildman–Crippen MR) is 115 cm³/mol. The summed E-state index contributed by atoms with van der Waals surface area (Å²) in [5.74, 6) is 0.396. The minimum Gasteiger partial charge on any atom is -0.493 e. The van der Waals surface area contributed by atoms with Crippen LogP contribution in [0.1, 0.15) is 58.9 Å². The standard InChI is InChI=1S/C24H24F3N3O3/c1-14-2-8-18(10-19(14)23(31)32)33-13-15-3-5-16(6-4-15)20-9-7-17(11-28-20)22-29-12-21(30-22)24(25,26)27/h2,7-12,15-16H,3-6,13H2,1H3,(H,29,30)(H,31,32)/t15-,16-. The fourth-order valence-corrected chi connectivity index (χ4v) is 4.16. The number of aryl methyl sites for hydroxylation is 1. The zero-order valence-corrected chi connectivity index (χ0v) is 18.0. The van der Waals surface area contributed by atoms with Gasteiger partial charge in [-0.25, -0.2) is 9.78 Å². The van der Waals surface area contributed by atoms with Crippen molar-refractivity contribution in [3.63, 3.8) is 0 Å². The van der Waals surface area contributed by atoms with Crippen LogP contribution in [0.5, 0.6) is 5.75 Å². The van der Waals surface area contributed by atoms with Crippen LogP contribution in [0, 0.1) is 12.8 Å². The molecule has 3 aromatic rings. The minimum atomic E-state index is -4.48. The van der Waals surface area contributed by atoms with Crippen LogP contribution in [0.25, 0.3) is 11.4 Å². The highest BCUT2D eigenvalue weighted by Crippen LogP contribution is 2.36. The number of nitrogens with one attached hydrogen (secondary N) is 1. The van der Waals surface area contributed by atoms with E-state index in [9.17, 15) is 23.1 Å². The Bertz CT molecular complexity index is 1120. The van der Waals surface area contributed by atoms with Crippen molar-refractivity contribution in [1.82, 2.24) is 15.0 Å². The van der Waals surface area contributed by atoms with Gasteiger partial charge >= 0.3 is 12.1 Å². The van der Waals surface area contributed by atoms with Crippen LogP contribution < -0.4 is 4.74 Å². The second-order valence-corrected chi connectivity index (χ2v) is 8.41. The summed E-state index contributed by atoms with van der Waals surface area (Å²) >= 11 is 0. The molecule has 1 aromatic carbocycles. The number of carboxylic acid groups (broad SMARTS) is 1. The number of carboxylic acids is 1. The normalized spacial score (nSPS) is 18.8. The molecule has 0 unspecified atom stereocenters. The molecule has 1 aliphatic carbocycles. The Kier molecular flexibility index (Phi) is 6.40. The van der Waals surface area contributed by atoms with E-state index < -0.39 is 17.8 Å². The lowest BCUT2D eigenvalue weighted by molar-refractivity contribution is -0.140. The Morgan fingerprint density at radius 1 is 1.18 bits per heavy atom. The topological polar surface area (TPSA) is 88.1 Å². The second-order valence-electron chi connectivity index (χ2n) is 8.41. The van der Waals surface area contributed by atoms with Crippen LogP contribution >= 0.6 is 0 Å². The molecule has 0 atom stereocenters. The van der Waals surface area contributed by atoms with Gasteiger partial charge in [0.1, 0.15) is 11.6 Å². The van der Waals surface area contributed by atoms with Gasteiger partial charge in [-0.2, -0.15) is 13.2 Å². The van der Waals surface area contributed by atoms with Crippen molar-refractivity contribution in [3.05, 3.63) is 65.2 Å². The summed E-state index contributed by atoms with van der Waals surface area (Å²) in [5, 5.41) is 9.25. The smallest absolute Gasteiger partial charge is 0.434 e. The highest BCUT2D eigenvalue weighted by Gasteiger charge is 2.33. The van der Waals surface area contributed by atoms with Crippen LogP contribution in [0.2, 0.25) is 0 Å². The number of hydrogen-bond acceptors (Lipinski definition) is 4. The van der Waals surface area contributed by atoms with E-state index in [1.807, 2.05) is 6.07 Å². The fraction of sp³-hybridized carbons (Fsp3) is 0.375. The summed E-state index contributed by atoms with van der Waals surface area (Å²) in [6.07, 6.45) is 1.72. The number of halogens is 3. The van der Waals surface area contributed by atoms with Gasteiger partial charge < -0.3 is 14.8 Å². The summed E-state index contributed by atoms with van der Waals surface area (Å²) < 4.78 is 44.1. The number of aromatic carboxylic acids is 1. The molecule has 0 saturated heterocycles. The molecule has 0 aliphatic heterocycles. The van der Waals surface area contributed by atoms with Crippen LogP contribution in [-0.4, -0.2) is 32.6 Å². The molecular weight excluding hydrogens is 435 g/mol. The summed E-state index contributed by atoms with van der Waals surface area (Å²) in [5.41, 5.74) is 1.42. The summed E-state index contributed by atoms with van der Waals surface area (Å²) in [6, 6.07) is 8.69. The largest absolute Gasteiger partial charge is 0.493 e. The number of aromatic nitrogens is 3. The summed E-state index contributed by atoms with van der Waals surface area (Å²) in [4.78, 5) is 21.9. The molecule has 1 saturated carbocycles. The van der Waals surface area contributed by atoms with Gasteiger partial charge in [0.25, 0.3) is 0 Å². The average Bonchev–Trinajstić information content (AvgIpc) is 3.30. The number of rotatable bonds is 6. The number of benzene rings is 1. The molecule has 9 heteroatoms. The van der Waals surface area contributed by atoms with Crippen LogP contribution in [0.15, 0.2) is 42.7 Å². The Morgan fingerprint density at radius 2 is 1.94 bits per heavy atom. The van der Waals surface area contributed by atoms with Crippen molar-refractivity contribution < 1.29 is 27.8 Å². The van der Waals surface area contributed by atoms with Gasteiger partial charge in [0.15, 0.2) is 5.69 Å². The van der Waals surface area contributed by atoms with E-state index in [1.165, 1.54) is 0 Å². The van der Waals surface area contributed by atoms with E-state index in [0.717, 1.165) is 37.6 Å². The molecule has 4 rings (SSSR count). The van der Waals surface area contributed by atoms with Gasteiger partial charge in [-0.05, 0) is 68.4 Å². The quantitative estimate of drug-likeness (QED) is 0.483. The van der Waals surface area contributed by atoms with Crippen LogP contribution in [0.3, 0.4) is 0 Å². The number of H-pyrrole nitrogens is 1. The Morgan fingerprint density at radius 3 is 2.55 bits per heavy atom. The number of imidazole rings is 1. The lowest BCUT2D eigenvalue weighted by Crippen LogP contribution is -2.20. The van der Waals surface area contributed by atoms with Gasteiger partial charge in [0, 0.05) is 29.6 Å². The molecule has 0 bridgehead atoms. The van der Waals surface area contributed by atoms with Crippen molar-refractivity contribution in [2.24, 2.45) is 5.92 Å². The number of ether oxygens (including phenoxy) is 1. The first-order valence-electron chi connectivity index (χ1n) is 10.8. The number of pyridine rings is 1. The lowest BCUT2D eigenvalue weighted by Gasteiger charge is -2.28. The zero-order valence-electron chi connectivity index (χ0n) is 18.0. The maximum absolute atomic E-state index is 12.7. The van der Waals surface area contributed by atoms with Crippen molar-refractivity contribution in [2.45, 2.75) is 44.7 Å². The number of carbonyl (C=O) groups is 1. The maximum atomic E-state index is 12.7. The molecule has 2 heterocycles. The molecule has 0 radical (unpaired) electrons. The van der Waals surface area contributed by atoms with Gasteiger partial charge in [0.05, 0.1) is 12.2 Å². The number of aromatic amines is 1. The third-order valence-electron chi connectivity index (χ3n) is 6.12. The Hall–Kier alpha value is -3.36. The zero-order chi connectivity index (χ0) is 23.6. The summed E-state index contributed by atoms with van der Waals surface area (Å²) in [6.45, 7) is 2.28. The third kappa shape index (κ3) is 5.35. The van der Waals surface area contributed by atoms with Gasteiger partial charge in [-0.15, -0.1) is 0 Å². The lowest BCUT2D eigenvalue weighted by atomic mass is 9.80. The maximum Gasteiger partial charge on any atom is 0.434 e. The summed E-state index contributed by atoms with van der Waals surface area (Å²) in [7, 11) is 0.